The van der Waals surface area contributed by atoms with Crippen molar-refractivity contribution >= 4 is 27.5 Å². The van der Waals surface area contributed by atoms with Crippen molar-refractivity contribution < 1.29 is 13.9 Å². The van der Waals surface area contributed by atoms with Crippen molar-refractivity contribution in [2.24, 2.45) is 0 Å². The third-order valence-corrected chi connectivity index (χ3v) is 4.61. The molecule has 7 heteroatoms. The lowest BCUT2D eigenvalue weighted by Crippen LogP contribution is -2.06. The van der Waals surface area contributed by atoms with Gasteiger partial charge in [-0.2, -0.15) is 0 Å². The van der Waals surface area contributed by atoms with Gasteiger partial charge in [0, 0.05) is 15.6 Å². The predicted octanol–water partition coefficient (Wildman–Crippen LogP) is 4.75. The second-order valence-electron chi connectivity index (χ2n) is 5.81. The topological polar surface area (TPSA) is 56.5 Å². The summed E-state index contributed by atoms with van der Waals surface area (Å²) in [6.07, 6.45) is 0. The van der Waals surface area contributed by atoms with Crippen LogP contribution in [0.1, 0.15) is 10.4 Å². The molecule has 0 N–H and O–H groups in total. The van der Waals surface area contributed by atoms with Crippen molar-refractivity contribution in [1.82, 2.24) is 14.6 Å². The lowest BCUT2D eigenvalue weighted by molar-refractivity contribution is 0.0602. The third kappa shape index (κ3) is 3.21. The number of halogens is 2. The molecule has 0 bridgehead atoms. The molecule has 0 amide bonds. The molecular weight excluding hydrogens is 413 g/mol. The van der Waals surface area contributed by atoms with Crippen LogP contribution < -0.4 is 0 Å². The van der Waals surface area contributed by atoms with Crippen molar-refractivity contribution in [3.63, 3.8) is 0 Å². The number of aromatic nitrogens is 3. The average molecular weight is 426 g/mol. The molecule has 0 unspecified atom stereocenters. The summed E-state index contributed by atoms with van der Waals surface area (Å²) in [6.45, 7) is 0. The molecule has 0 radical (unpaired) electrons. The summed E-state index contributed by atoms with van der Waals surface area (Å²) in [5.41, 5.74) is 2.99. The summed E-state index contributed by atoms with van der Waals surface area (Å²) >= 11 is 3.47. The van der Waals surface area contributed by atoms with E-state index in [0.717, 1.165) is 15.7 Å². The van der Waals surface area contributed by atoms with Crippen molar-refractivity contribution in [2.45, 2.75) is 0 Å². The molecule has 0 aliphatic heterocycles. The molecule has 4 aromatic rings. The maximum atomic E-state index is 13.2. The minimum Gasteiger partial charge on any atom is -0.465 e. The van der Waals surface area contributed by atoms with Gasteiger partial charge in [-0.05, 0) is 48.5 Å². The summed E-state index contributed by atoms with van der Waals surface area (Å²) in [4.78, 5) is 16.7. The Balaban J connectivity index is 1.97. The van der Waals surface area contributed by atoms with Crippen LogP contribution in [0.4, 0.5) is 4.39 Å². The van der Waals surface area contributed by atoms with E-state index in [1.165, 1.54) is 19.2 Å². The quantitative estimate of drug-likeness (QED) is 0.444. The summed E-state index contributed by atoms with van der Waals surface area (Å²) in [7, 11) is 1.32. The van der Waals surface area contributed by atoms with Crippen molar-refractivity contribution in [3.8, 4) is 22.6 Å². The molecule has 27 heavy (non-hydrogen) atoms. The fourth-order valence-electron chi connectivity index (χ4n) is 2.82. The molecule has 2 aromatic heterocycles. The van der Waals surface area contributed by atoms with E-state index < -0.39 is 5.97 Å². The highest BCUT2D eigenvalue weighted by Gasteiger charge is 2.19. The zero-order valence-corrected chi connectivity index (χ0v) is 15.8. The first kappa shape index (κ1) is 17.4. The zero-order chi connectivity index (χ0) is 19.0. The van der Waals surface area contributed by atoms with Gasteiger partial charge in [-0.3, -0.25) is 0 Å². The van der Waals surface area contributed by atoms with Crippen molar-refractivity contribution in [1.29, 1.82) is 0 Å². The van der Waals surface area contributed by atoms with E-state index in [2.05, 4.69) is 26.0 Å². The van der Waals surface area contributed by atoms with Crippen LogP contribution in [0.25, 0.3) is 28.3 Å². The van der Waals surface area contributed by atoms with Crippen LogP contribution in [0.3, 0.4) is 0 Å². The van der Waals surface area contributed by atoms with Gasteiger partial charge in [-0.25, -0.2) is 18.7 Å². The molecular formula is C20H13BrFN3O2. The van der Waals surface area contributed by atoms with Crippen LogP contribution in [0.5, 0.6) is 0 Å². The average Bonchev–Trinajstić information content (AvgIpc) is 3.12. The SMILES string of the molecule is COC(=O)c1ccc(-c2cccc(Br)c2)n2nc(-c3ccc(F)cc3)nc12. The molecule has 0 aliphatic rings. The Kier molecular flexibility index (Phi) is 4.45. The maximum Gasteiger partial charge on any atom is 0.341 e. The number of ether oxygens (including phenoxy) is 1. The van der Waals surface area contributed by atoms with Gasteiger partial charge < -0.3 is 4.74 Å². The number of carbonyl (C=O) groups excluding carboxylic acids is 1. The molecule has 0 spiro atoms. The van der Waals surface area contributed by atoms with Crippen LogP contribution in [0, 0.1) is 5.82 Å². The van der Waals surface area contributed by atoms with E-state index in [-0.39, 0.29) is 5.82 Å². The lowest BCUT2D eigenvalue weighted by Gasteiger charge is -2.07. The first-order valence-corrected chi connectivity index (χ1v) is 8.86. The summed E-state index contributed by atoms with van der Waals surface area (Å²) in [6, 6.07) is 17.1. The smallest absolute Gasteiger partial charge is 0.341 e. The standard InChI is InChI=1S/C20H13BrFN3O2/c1-27-20(26)16-9-10-17(13-3-2-4-14(21)11-13)25-19(16)23-18(24-25)12-5-7-15(22)8-6-12/h2-11H,1H3. The van der Waals surface area contributed by atoms with E-state index in [9.17, 15) is 9.18 Å². The fourth-order valence-corrected chi connectivity index (χ4v) is 3.22. The van der Waals surface area contributed by atoms with Crippen molar-refractivity contribution in [3.05, 3.63) is 76.5 Å². The second-order valence-corrected chi connectivity index (χ2v) is 6.73. The van der Waals surface area contributed by atoms with Gasteiger partial charge in [0.1, 0.15) is 11.4 Å². The van der Waals surface area contributed by atoms with E-state index in [0.29, 0.717) is 22.6 Å². The number of benzene rings is 2. The normalized spacial score (nSPS) is 10.9. The number of nitrogens with zero attached hydrogens (tertiary/aromatic N) is 3. The predicted molar refractivity (Wildman–Crippen MR) is 103 cm³/mol. The van der Waals surface area contributed by atoms with Crippen LogP contribution in [-0.4, -0.2) is 27.7 Å². The molecule has 2 heterocycles. The van der Waals surface area contributed by atoms with Gasteiger partial charge in [0.05, 0.1) is 12.8 Å². The summed E-state index contributed by atoms with van der Waals surface area (Å²) in [5, 5.41) is 4.56. The van der Waals surface area contributed by atoms with Crippen LogP contribution >= 0.6 is 15.9 Å². The number of rotatable bonds is 3. The zero-order valence-electron chi connectivity index (χ0n) is 14.2. The fraction of sp³-hybridized carbons (Fsp3) is 0.0500. The van der Waals surface area contributed by atoms with Crippen LogP contribution in [-0.2, 0) is 4.74 Å². The van der Waals surface area contributed by atoms with E-state index >= 15 is 0 Å². The number of fused-ring (bicyclic) bond motifs is 1. The number of esters is 1. The monoisotopic (exact) mass is 425 g/mol. The Hall–Kier alpha value is -3.06. The highest BCUT2D eigenvalue weighted by Crippen LogP contribution is 2.27. The number of hydrogen-bond acceptors (Lipinski definition) is 4. The number of pyridine rings is 1. The number of methoxy groups -OCH3 is 1. The van der Waals surface area contributed by atoms with Gasteiger partial charge in [0.15, 0.2) is 11.5 Å². The maximum absolute atomic E-state index is 13.2. The van der Waals surface area contributed by atoms with Gasteiger partial charge in [0.25, 0.3) is 0 Å². The Morgan fingerprint density at radius 2 is 1.85 bits per heavy atom. The van der Waals surface area contributed by atoms with Gasteiger partial charge in [-0.1, -0.05) is 28.1 Å². The molecule has 4 rings (SSSR count). The Bertz CT molecular complexity index is 1160. The molecule has 0 fully saturated rings. The van der Waals surface area contributed by atoms with E-state index in [1.54, 1.807) is 28.8 Å². The summed E-state index contributed by atoms with van der Waals surface area (Å²) < 4.78 is 20.6. The minimum atomic E-state index is -0.501. The second kappa shape index (κ2) is 6.92. The number of carbonyl (C=O) groups is 1. The Morgan fingerprint density at radius 3 is 2.56 bits per heavy atom. The molecule has 0 saturated heterocycles. The Morgan fingerprint density at radius 1 is 1.07 bits per heavy atom. The number of hydrogen-bond donors (Lipinski definition) is 0. The van der Waals surface area contributed by atoms with E-state index in [4.69, 9.17) is 4.74 Å². The van der Waals surface area contributed by atoms with Gasteiger partial charge in [0.2, 0.25) is 0 Å². The van der Waals surface area contributed by atoms with Gasteiger partial charge in [-0.15, -0.1) is 5.10 Å². The highest BCUT2D eigenvalue weighted by molar-refractivity contribution is 9.10. The first-order valence-electron chi connectivity index (χ1n) is 8.07. The summed E-state index contributed by atoms with van der Waals surface area (Å²) in [5.74, 6) is -0.450. The van der Waals surface area contributed by atoms with Gasteiger partial charge >= 0.3 is 5.97 Å². The largest absolute Gasteiger partial charge is 0.465 e. The molecule has 2 aromatic carbocycles. The first-order chi connectivity index (χ1) is 13.1. The Labute approximate surface area is 162 Å². The lowest BCUT2D eigenvalue weighted by atomic mass is 10.1. The van der Waals surface area contributed by atoms with E-state index in [1.807, 2.05) is 24.3 Å². The molecule has 134 valence electrons. The molecule has 0 atom stereocenters. The van der Waals surface area contributed by atoms with Crippen molar-refractivity contribution in [2.75, 3.05) is 7.11 Å². The van der Waals surface area contributed by atoms with Crippen LogP contribution in [0.2, 0.25) is 0 Å². The molecule has 0 aliphatic carbocycles. The van der Waals surface area contributed by atoms with Crippen LogP contribution in [0.15, 0.2) is 65.1 Å². The minimum absolute atomic E-state index is 0.303. The highest BCUT2D eigenvalue weighted by atomic mass is 79.9. The molecule has 5 nitrogen and oxygen atoms in total. The molecule has 0 saturated carbocycles. The third-order valence-electron chi connectivity index (χ3n) is 4.11.